The summed E-state index contributed by atoms with van der Waals surface area (Å²) < 4.78 is 4.99. The van der Waals surface area contributed by atoms with E-state index in [9.17, 15) is 4.79 Å². The number of esters is 1. The van der Waals surface area contributed by atoms with Crippen molar-refractivity contribution in [3.8, 4) is 0 Å². The van der Waals surface area contributed by atoms with Gasteiger partial charge < -0.3 is 10.1 Å². The van der Waals surface area contributed by atoms with Gasteiger partial charge in [0.05, 0.1) is 7.11 Å². The number of carbonyl (C=O) groups excluding carboxylic acids is 1. The van der Waals surface area contributed by atoms with Crippen molar-refractivity contribution < 1.29 is 9.53 Å². The first-order valence-corrected chi connectivity index (χ1v) is 7.64. The molecule has 1 rings (SSSR count). The molecule has 0 aromatic carbocycles. The maximum Gasteiger partial charge on any atom is 0.327 e. The maximum absolute atomic E-state index is 12.1. The van der Waals surface area contributed by atoms with Gasteiger partial charge in [-0.3, -0.25) is 9.69 Å². The molecule has 4 heteroatoms. The molecule has 19 heavy (non-hydrogen) atoms. The van der Waals surface area contributed by atoms with Crippen LogP contribution in [0.2, 0.25) is 0 Å². The van der Waals surface area contributed by atoms with Gasteiger partial charge in [-0.05, 0) is 45.7 Å². The Morgan fingerprint density at radius 2 is 2.05 bits per heavy atom. The van der Waals surface area contributed by atoms with Gasteiger partial charge in [-0.15, -0.1) is 0 Å². The summed E-state index contributed by atoms with van der Waals surface area (Å²) in [7, 11) is 1.47. The second-order valence-corrected chi connectivity index (χ2v) is 5.81. The third-order valence-electron chi connectivity index (χ3n) is 3.78. The molecule has 0 heterocycles. The van der Waals surface area contributed by atoms with Gasteiger partial charge in [0, 0.05) is 12.6 Å². The van der Waals surface area contributed by atoms with Crippen molar-refractivity contribution in [3.63, 3.8) is 0 Å². The molecule has 0 bridgehead atoms. The fourth-order valence-corrected chi connectivity index (χ4v) is 2.42. The smallest absolute Gasteiger partial charge is 0.327 e. The van der Waals surface area contributed by atoms with E-state index in [2.05, 4.69) is 24.1 Å². The van der Waals surface area contributed by atoms with Gasteiger partial charge in [0.15, 0.2) is 0 Å². The fraction of sp³-hybridized carbons (Fsp3) is 0.933. The van der Waals surface area contributed by atoms with E-state index in [1.807, 2.05) is 6.92 Å². The Bertz CT molecular complexity index is 279. The maximum atomic E-state index is 12.1. The molecule has 1 saturated carbocycles. The van der Waals surface area contributed by atoms with Crippen LogP contribution in [0.4, 0.5) is 0 Å². The van der Waals surface area contributed by atoms with Gasteiger partial charge in [0.2, 0.25) is 0 Å². The predicted molar refractivity (Wildman–Crippen MR) is 78.2 cm³/mol. The number of unbranched alkanes of at least 4 members (excludes halogenated alkanes) is 1. The Morgan fingerprint density at radius 3 is 2.53 bits per heavy atom. The zero-order valence-corrected chi connectivity index (χ0v) is 13.0. The van der Waals surface area contributed by atoms with Gasteiger partial charge in [-0.1, -0.05) is 20.3 Å². The van der Waals surface area contributed by atoms with E-state index in [4.69, 9.17) is 4.74 Å². The van der Waals surface area contributed by atoms with Crippen LogP contribution in [0.25, 0.3) is 0 Å². The summed E-state index contributed by atoms with van der Waals surface area (Å²) in [4.78, 5) is 14.5. The van der Waals surface area contributed by atoms with E-state index in [1.54, 1.807) is 0 Å². The minimum atomic E-state index is -0.582. The quantitative estimate of drug-likeness (QED) is 0.618. The van der Waals surface area contributed by atoms with E-state index in [-0.39, 0.29) is 5.97 Å². The lowest BCUT2D eigenvalue weighted by Crippen LogP contribution is -2.58. The number of hydrogen-bond donors (Lipinski definition) is 1. The molecular weight excluding hydrogens is 240 g/mol. The van der Waals surface area contributed by atoms with Gasteiger partial charge >= 0.3 is 5.97 Å². The molecule has 0 amide bonds. The third kappa shape index (κ3) is 5.11. The average Bonchev–Trinajstić information content (AvgIpc) is 3.24. The second kappa shape index (κ2) is 7.85. The highest BCUT2D eigenvalue weighted by molar-refractivity contribution is 5.80. The van der Waals surface area contributed by atoms with Crippen molar-refractivity contribution in [1.29, 1.82) is 0 Å². The minimum Gasteiger partial charge on any atom is -0.468 e. The summed E-state index contributed by atoms with van der Waals surface area (Å²) in [5.74, 6) is -0.150. The van der Waals surface area contributed by atoms with Gasteiger partial charge in [-0.2, -0.15) is 0 Å². The second-order valence-electron chi connectivity index (χ2n) is 5.81. The summed E-state index contributed by atoms with van der Waals surface area (Å²) in [6.07, 6.45) is 5.95. The van der Waals surface area contributed by atoms with Crippen molar-refractivity contribution in [2.24, 2.45) is 0 Å². The molecular formula is C15H30N2O2. The normalized spacial score (nSPS) is 18.4. The number of nitrogens with zero attached hydrogens (tertiary/aromatic N) is 1. The van der Waals surface area contributed by atoms with Gasteiger partial charge in [0.1, 0.15) is 5.54 Å². The lowest BCUT2D eigenvalue weighted by molar-refractivity contribution is -0.148. The van der Waals surface area contributed by atoms with Crippen molar-refractivity contribution in [1.82, 2.24) is 10.2 Å². The molecule has 1 unspecified atom stereocenters. The molecule has 1 N–H and O–H groups in total. The topological polar surface area (TPSA) is 41.6 Å². The Labute approximate surface area is 117 Å². The predicted octanol–water partition coefficient (Wildman–Crippen LogP) is 2.18. The Kier molecular flexibility index (Phi) is 6.80. The molecule has 1 fully saturated rings. The van der Waals surface area contributed by atoms with Crippen LogP contribution in [0.3, 0.4) is 0 Å². The standard InChI is InChI=1S/C15H30N2O2/c1-5-7-11-17(13-8-9-13)12-15(3,14(18)19-4)16-10-6-2/h13,16H,5-12H2,1-4H3. The molecule has 0 saturated heterocycles. The van der Waals surface area contributed by atoms with Crippen molar-refractivity contribution in [3.05, 3.63) is 0 Å². The Hall–Kier alpha value is -0.610. The summed E-state index contributed by atoms with van der Waals surface area (Å²) in [6.45, 7) is 8.97. The van der Waals surface area contributed by atoms with Crippen molar-refractivity contribution in [2.45, 2.75) is 64.5 Å². The number of methoxy groups -OCH3 is 1. The van der Waals surface area contributed by atoms with E-state index >= 15 is 0 Å². The molecule has 1 aliphatic carbocycles. The number of ether oxygens (including phenoxy) is 1. The van der Waals surface area contributed by atoms with Crippen LogP contribution in [0.5, 0.6) is 0 Å². The van der Waals surface area contributed by atoms with Crippen LogP contribution < -0.4 is 5.32 Å². The van der Waals surface area contributed by atoms with Gasteiger partial charge in [-0.25, -0.2) is 0 Å². The first-order valence-electron chi connectivity index (χ1n) is 7.64. The van der Waals surface area contributed by atoms with E-state index in [0.717, 1.165) is 26.1 Å². The summed E-state index contributed by atoms with van der Waals surface area (Å²) in [6, 6.07) is 0.680. The van der Waals surface area contributed by atoms with Crippen LogP contribution in [-0.4, -0.2) is 49.2 Å². The zero-order valence-electron chi connectivity index (χ0n) is 13.0. The Morgan fingerprint density at radius 1 is 1.37 bits per heavy atom. The van der Waals surface area contributed by atoms with E-state index in [0.29, 0.717) is 6.04 Å². The molecule has 0 aromatic heterocycles. The molecule has 1 atom stereocenters. The third-order valence-corrected chi connectivity index (χ3v) is 3.78. The largest absolute Gasteiger partial charge is 0.468 e. The number of hydrogen-bond acceptors (Lipinski definition) is 4. The first kappa shape index (κ1) is 16.4. The molecule has 4 nitrogen and oxygen atoms in total. The number of carbonyl (C=O) groups is 1. The molecule has 0 aromatic rings. The van der Waals surface area contributed by atoms with E-state index in [1.165, 1.54) is 32.8 Å². The van der Waals surface area contributed by atoms with E-state index < -0.39 is 5.54 Å². The highest BCUT2D eigenvalue weighted by atomic mass is 16.5. The van der Waals surface area contributed by atoms with Crippen molar-refractivity contribution >= 4 is 5.97 Å². The SMILES string of the molecule is CCCCN(CC(C)(NCCC)C(=O)OC)C1CC1. The zero-order chi connectivity index (χ0) is 14.3. The minimum absolute atomic E-state index is 0.150. The molecule has 0 aliphatic heterocycles. The van der Waals surface area contributed by atoms with Crippen LogP contribution >= 0.6 is 0 Å². The lowest BCUT2D eigenvalue weighted by atomic mass is 10.0. The van der Waals surface area contributed by atoms with Crippen LogP contribution in [0.15, 0.2) is 0 Å². The molecule has 112 valence electrons. The van der Waals surface area contributed by atoms with Crippen LogP contribution in [-0.2, 0) is 9.53 Å². The van der Waals surface area contributed by atoms with Crippen molar-refractivity contribution in [2.75, 3.05) is 26.7 Å². The lowest BCUT2D eigenvalue weighted by Gasteiger charge is -2.34. The van der Waals surface area contributed by atoms with Crippen LogP contribution in [0.1, 0.15) is 52.9 Å². The number of rotatable bonds is 10. The highest BCUT2D eigenvalue weighted by Gasteiger charge is 2.39. The number of nitrogens with one attached hydrogen (secondary N) is 1. The monoisotopic (exact) mass is 270 g/mol. The first-order chi connectivity index (χ1) is 9.07. The molecule has 0 spiro atoms. The highest BCUT2D eigenvalue weighted by Crippen LogP contribution is 2.28. The summed E-state index contributed by atoms with van der Waals surface area (Å²) in [5, 5.41) is 3.37. The molecule has 1 aliphatic rings. The average molecular weight is 270 g/mol. The molecule has 0 radical (unpaired) electrons. The van der Waals surface area contributed by atoms with Crippen LogP contribution in [0, 0.1) is 0 Å². The Balaban J connectivity index is 2.64. The summed E-state index contributed by atoms with van der Waals surface area (Å²) >= 11 is 0. The summed E-state index contributed by atoms with van der Waals surface area (Å²) in [5.41, 5.74) is -0.582. The fourth-order valence-electron chi connectivity index (χ4n) is 2.42. The van der Waals surface area contributed by atoms with Gasteiger partial charge in [0.25, 0.3) is 0 Å².